The predicted molar refractivity (Wildman–Crippen MR) is 73.7 cm³/mol. The average Bonchev–Trinajstić information content (AvgIpc) is 2.86. The van der Waals surface area contributed by atoms with Crippen molar-refractivity contribution < 1.29 is 14.3 Å². The lowest BCUT2D eigenvalue weighted by molar-refractivity contribution is 0.0526. The van der Waals surface area contributed by atoms with Crippen LogP contribution in [0.2, 0.25) is 0 Å². The lowest BCUT2D eigenvalue weighted by atomic mass is 10.2. The Balaban J connectivity index is 2.12. The quantitative estimate of drug-likeness (QED) is 0.836. The maximum atomic E-state index is 11.9. The van der Waals surface area contributed by atoms with Crippen molar-refractivity contribution >= 4 is 17.6 Å². The lowest BCUT2D eigenvalue weighted by Crippen LogP contribution is -2.13. The van der Waals surface area contributed by atoms with E-state index in [0.717, 1.165) is 5.69 Å². The molecule has 0 atom stereocenters. The molecular formula is C14H15N3O3. The molecule has 2 rings (SSSR count). The molecule has 0 radical (unpaired) electrons. The van der Waals surface area contributed by atoms with Gasteiger partial charge in [0.1, 0.15) is 0 Å². The van der Waals surface area contributed by atoms with E-state index in [-0.39, 0.29) is 5.91 Å². The second kappa shape index (κ2) is 6.01. The summed E-state index contributed by atoms with van der Waals surface area (Å²) in [4.78, 5) is 23.5. The first-order valence-corrected chi connectivity index (χ1v) is 6.20. The molecule has 0 unspecified atom stereocenters. The number of anilines is 1. The van der Waals surface area contributed by atoms with E-state index in [1.807, 2.05) is 6.92 Å². The molecule has 1 aromatic heterocycles. The van der Waals surface area contributed by atoms with Crippen LogP contribution in [-0.2, 0) is 4.74 Å². The van der Waals surface area contributed by atoms with Gasteiger partial charge in [-0.05, 0) is 38.1 Å². The minimum Gasteiger partial charge on any atom is -0.462 e. The fourth-order valence-electron chi connectivity index (χ4n) is 1.67. The van der Waals surface area contributed by atoms with E-state index < -0.39 is 5.97 Å². The molecular weight excluding hydrogens is 258 g/mol. The molecule has 1 heterocycles. The molecule has 1 aromatic carbocycles. The third-order valence-electron chi connectivity index (χ3n) is 2.57. The van der Waals surface area contributed by atoms with Crippen molar-refractivity contribution in [3.05, 3.63) is 47.3 Å². The number of nitrogens with one attached hydrogen (secondary N) is 2. The molecule has 6 nitrogen and oxygen atoms in total. The van der Waals surface area contributed by atoms with E-state index in [1.165, 1.54) is 0 Å². The molecule has 0 saturated heterocycles. The summed E-state index contributed by atoms with van der Waals surface area (Å²) < 4.78 is 4.91. The number of aromatic nitrogens is 2. The van der Waals surface area contributed by atoms with Gasteiger partial charge in [0.15, 0.2) is 5.69 Å². The fraction of sp³-hybridized carbons (Fsp3) is 0.214. The van der Waals surface area contributed by atoms with Crippen LogP contribution >= 0.6 is 0 Å². The lowest BCUT2D eigenvalue weighted by Gasteiger charge is -2.06. The third kappa shape index (κ3) is 3.23. The van der Waals surface area contributed by atoms with E-state index in [2.05, 4.69) is 15.5 Å². The molecule has 6 heteroatoms. The number of hydrogen-bond donors (Lipinski definition) is 2. The number of ether oxygens (including phenoxy) is 1. The maximum Gasteiger partial charge on any atom is 0.338 e. The largest absolute Gasteiger partial charge is 0.462 e. The van der Waals surface area contributed by atoms with Gasteiger partial charge in [0.25, 0.3) is 5.91 Å². The number of aromatic amines is 1. The summed E-state index contributed by atoms with van der Waals surface area (Å²) in [6.07, 6.45) is 0. The van der Waals surface area contributed by atoms with Gasteiger partial charge in [0.05, 0.1) is 12.2 Å². The molecule has 1 amide bonds. The summed E-state index contributed by atoms with van der Waals surface area (Å²) >= 11 is 0. The second-order valence-electron chi connectivity index (χ2n) is 4.19. The van der Waals surface area contributed by atoms with Gasteiger partial charge in [-0.15, -0.1) is 0 Å². The Kier molecular flexibility index (Phi) is 4.14. The predicted octanol–water partition coefficient (Wildman–Crippen LogP) is 2.15. The highest BCUT2D eigenvalue weighted by molar-refractivity contribution is 6.03. The van der Waals surface area contributed by atoms with Crippen LogP contribution in [0.1, 0.15) is 33.5 Å². The zero-order chi connectivity index (χ0) is 14.5. The number of hydrogen-bond acceptors (Lipinski definition) is 4. The van der Waals surface area contributed by atoms with Gasteiger partial charge in [0, 0.05) is 11.4 Å². The van der Waals surface area contributed by atoms with Crippen LogP contribution in [0.3, 0.4) is 0 Å². The molecule has 2 N–H and O–H groups in total. The van der Waals surface area contributed by atoms with Crippen LogP contribution in [-0.4, -0.2) is 28.7 Å². The van der Waals surface area contributed by atoms with Crippen molar-refractivity contribution in [2.75, 3.05) is 11.9 Å². The Bertz CT molecular complexity index is 634. The van der Waals surface area contributed by atoms with Gasteiger partial charge >= 0.3 is 5.97 Å². The Morgan fingerprint density at radius 1 is 1.35 bits per heavy atom. The van der Waals surface area contributed by atoms with Gasteiger partial charge in [0.2, 0.25) is 0 Å². The monoisotopic (exact) mass is 273 g/mol. The first kappa shape index (κ1) is 13.8. The SMILES string of the molecule is CCOC(=O)c1cccc(NC(=O)c2cc(C)[nH]n2)c1. The number of amides is 1. The smallest absolute Gasteiger partial charge is 0.338 e. The minimum absolute atomic E-state index is 0.295. The first-order valence-electron chi connectivity index (χ1n) is 6.20. The summed E-state index contributed by atoms with van der Waals surface area (Å²) in [7, 11) is 0. The number of esters is 1. The van der Waals surface area contributed by atoms with Crippen LogP contribution in [0.25, 0.3) is 0 Å². The summed E-state index contributed by atoms with van der Waals surface area (Å²) in [6.45, 7) is 3.86. The molecule has 0 fully saturated rings. The first-order chi connectivity index (χ1) is 9.60. The van der Waals surface area contributed by atoms with Crippen molar-refractivity contribution in [3.8, 4) is 0 Å². The van der Waals surface area contributed by atoms with Crippen molar-refractivity contribution in [1.82, 2.24) is 10.2 Å². The van der Waals surface area contributed by atoms with Crippen LogP contribution < -0.4 is 5.32 Å². The van der Waals surface area contributed by atoms with Gasteiger partial charge in [-0.25, -0.2) is 4.79 Å². The molecule has 104 valence electrons. The molecule has 0 aliphatic rings. The van der Waals surface area contributed by atoms with Crippen LogP contribution in [0.15, 0.2) is 30.3 Å². The molecule has 0 spiro atoms. The number of nitrogens with zero attached hydrogens (tertiary/aromatic N) is 1. The van der Waals surface area contributed by atoms with Crippen molar-refractivity contribution in [2.45, 2.75) is 13.8 Å². The van der Waals surface area contributed by atoms with Crippen molar-refractivity contribution in [1.29, 1.82) is 0 Å². The van der Waals surface area contributed by atoms with E-state index in [9.17, 15) is 9.59 Å². The van der Waals surface area contributed by atoms with Crippen LogP contribution in [0, 0.1) is 6.92 Å². The Morgan fingerprint density at radius 3 is 2.80 bits per heavy atom. The van der Waals surface area contributed by atoms with Crippen molar-refractivity contribution in [3.63, 3.8) is 0 Å². The standard InChI is InChI=1S/C14H15N3O3/c1-3-20-14(19)10-5-4-6-11(8-10)15-13(18)12-7-9(2)16-17-12/h4-8H,3H2,1-2H3,(H,15,18)(H,16,17). The summed E-state index contributed by atoms with van der Waals surface area (Å²) in [5.41, 5.74) is 2.00. The second-order valence-corrected chi connectivity index (χ2v) is 4.19. The normalized spacial score (nSPS) is 10.1. The van der Waals surface area contributed by atoms with Gasteiger partial charge < -0.3 is 10.1 Å². The Hall–Kier alpha value is -2.63. The van der Waals surface area contributed by atoms with Crippen molar-refractivity contribution in [2.24, 2.45) is 0 Å². The van der Waals surface area contributed by atoms with Gasteiger partial charge in [-0.3, -0.25) is 9.89 Å². The fourth-order valence-corrected chi connectivity index (χ4v) is 1.67. The molecule has 2 aromatic rings. The highest BCUT2D eigenvalue weighted by Crippen LogP contribution is 2.13. The number of carbonyl (C=O) groups excluding carboxylic acids is 2. The highest BCUT2D eigenvalue weighted by atomic mass is 16.5. The summed E-state index contributed by atoms with van der Waals surface area (Å²) in [6, 6.07) is 8.21. The van der Waals surface area contributed by atoms with E-state index in [4.69, 9.17) is 4.74 Å². The molecule has 0 bridgehead atoms. The molecule has 0 saturated carbocycles. The number of H-pyrrole nitrogens is 1. The number of benzene rings is 1. The summed E-state index contributed by atoms with van der Waals surface area (Å²) in [5.74, 6) is -0.755. The molecule has 0 aliphatic heterocycles. The highest BCUT2D eigenvalue weighted by Gasteiger charge is 2.11. The Morgan fingerprint density at radius 2 is 2.15 bits per heavy atom. The zero-order valence-corrected chi connectivity index (χ0v) is 11.3. The molecule has 20 heavy (non-hydrogen) atoms. The number of carbonyl (C=O) groups is 2. The van der Waals surface area contributed by atoms with E-state index >= 15 is 0 Å². The van der Waals surface area contributed by atoms with Crippen LogP contribution in [0.4, 0.5) is 5.69 Å². The minimum atomic E-state index is -0.417. The van der Waals surface area contributed by atoms with E-state index in [0.29, 0.717) is 23.6 Å². The van der Waals surface area contributed by atoms with Crippen LogP contribution in [0.5, 0.6) is 0 Å². The van der Waals surface area contributed by atoms with E-state index in [1.54, 1.807) is 37.3 Å². The van der Waals surface area contributed by atoms with Gasteiger partial charge in [-0.1, -0.05) is 6.07 Å². The number of aryl methyl sites for hydroxylation is 1. The summed E-state index contributed by atoms with van der Waals surface area (Å²) in [5, 5.41) is 9.25. The third-order valence-corrected chi connectivity index (χ3v) is 2.57. The zero-order valence-electron chi connectivity index (χ0n) is 11.3. The molecule has 0 aliphatic carbocycles. The average molecular weight is 273 g/mol. The van der Waals surface area contributed by atoms with Gasteiger partial charge in [-0.2, -0.15) is 5.10 Å². The number of rotatable bonds is 4. The Labute approximate surface area is 116 Å². The maximum absolute atomic E-state index is 11.9. The topological polar surface area (TPSA) is 84.1 Å².